The molecule has 0 spiro atoms. The highest BCUT2D eigenvalue weighted by atomic mass is 16.7. The summed E-state index contributed by atoms with van der Waals surface area (Å²) in [6, 6.07) is 10.2. The molecule has 0 amide bonds. The minimum atomic E-state index is -1.38. The molecule has 2 aliphatic rings. The van der Waals surface area contributed by atoms with Gasteiger partial charge in [-0.25, -0.2) is 9.78 Å². The lowest BCUT2D eigenvalue weighted by atomic mass is 9.91. The van der Waals surface area contributed by atoms with E-state index in [-0.39, 0.29) is 5.88 Å². The molecule has 2 aromatic rings. The van der Waals surface area contributed by atoms with Gasteiger partial charge in [0.25, 0.3) is 0 Å². The minimum absolute atomic E-state index is 0.0304. The van der Waals surface area contributed by atoms with Crippen molar-refractivity contribution in [2.45, 2.75) is 38.1 Å². The summed E-state index contributed by atoms with van der Waals surface area (Å²) in [6.45, 7) is 2.26. The Morgan fingerprint density at radius 3 is 2.50 bits per heavy atom. The molecule has 0 bridgehead atoms. The Bertz CT molecular complexity index is 787. The lowest BCUT2D eigenvalue weighted by molar-refractivity contribution is 0.133. The van der Waals surface area contributed by atoms with E-state index in [1.807, 2.05) is 6.07 Å². The molecule has 6 nitrogen and oxygen atoms in total. The highest BCUT2D eigenvalue weighted by Crippen LogP contribution is 2.30. The third-order valence-corrected chi connectivity index (χ3v) is 5.24. The number of hydrogen-bond acceptors (Lipinski definition) is 5. The van der Waals surface area contributed by atoms with Crippen LogP contribution in [0.5, 0.6) is 17.4 Å². The zero-order valence-corrected chi connectivity index (χ0v) is 14.6. The van der Waals surface area contributed by atoms with Gasteiger partial charge < -0.3 is 14.6 Å². The number of benzene rings is 1. The van der Waals surface area contributed by atoms with Crippen LogP contribution in [0.1, 0.15) is 30.4 Å². The molecule has 6 heteroatoms. The van der Waals surface area contributed by atoms with Crippen LogP contribution in [-0.4, -0.2) is 40.3 Å². The lowest BCUT2D eigenvalue weighted by Gasteiger charge is -2.36. The normalized spacial score (nSPS) is 17.7. The van der Waals surface area contributed by atoms with E-state index < -0.39 is 6.16 Å². The van der Waals surface area contributed by atoms with E-state index in [1.165, 1.54) is 42.7 Å². The lowest BCUT2D eigenvalue weighted by Crippen LogP contribution is -2.41. The molecular weight excluding hydrogens is 332 g/mol. The molecule has 0 saturated heterocycles. The van der Waals surface area contributed by atoms with E-state index in [1.54, 1.807) is 6.07 Å². The first-order valence-corrected chi connectivity index (χ1v) is 9.08. The summed E-state index contributed by atoms with van der Waals surface area (Å²) in [7, 11) is 0. The van der Waals surface area contributed by atoms with Crippen LogP contribution in [0.25, 0.3) is 0 Å². The topological polar surface area (TPSA) is 71.9 Å². The first-order valence-electron chi connectivity index (χ1n) is 9.08. The third kappa shape index (κ3) is 3.80. The largest absolute Gasteiger partial charge is 0.512 e. The first kappa shape index (κ1) is 16.8. The SMILES string of the molecule is O=C(O)Oc1ccc(Oc2ccc3c(c2)CCN(C2CCC2)CC3)cn1. The highest BCUT2D eigenvalue weighted by Gasteiger charge is 2.26. The van der Waals surface area contributed by atoms with Gasteiger partial charge in [-0.15, -0.1) is 0 Å². The number of hydrogen-bond donors (Lipinski definition) is 1. The first-order chi connectivity index (χ1) is 12.7. The van der Waals surface area contributed by atoms with Crippen molar-refractivity contribution in [2.24, 2.45) is 0 Å². The third-order valence-electron chi connectivity index (χ3n) is 5.24. The van der Waals surface area contributed by atoms with Crippen molar-refractivity contribution in [1.29, 1.82) is 0 Å². The van der Waals surface area contributed by atoms with Crippen molar-refractivity contribution in [3.05, 3.63) is 47.7 Å². The van der Waals surface area contributed by atoms with Gasteiger partial charge in [-0.05, 0) is 55.0 Å². The van der Waals surface area contributed by atoms with E-state index in [0.717, 1.165) is 37.7 Å². The molecular formula is C20H22N2O4. The number of ether oxygens (including phenoxy) is 2. The van der Waals surface area contributed by atoms with Crippen molar-refractivity contribution in [2.75, 3.05) is 13.1 Å². The van der Waals surface area contributed by atoms with Gasteiger partial charge in [-0.3, -0.25) is 4.90 Å². The summed E-state index contributed by atoms with van der Waals surface area (Å²) >= 11 is 0. The maximum Gasteiger partial charge on any atom is 0.512 e. The van der Waals surface area contributed by atoms with Crippen molar-refractivity contribution in [1.82, 2.24) is 9.88 Å². The van der Waals surface area contributed by atoms with E-state index in [0.29, 0.717) is 5.75 Å². The molecule has 4 rings (SSSR count). The fraction of sp³-hybridized carbons (Fsp3) is 0.400. The molecule has 1 saturated carbocycles. The highest BCUT2D eigenvalue weighted by molar-refractivity contribution is 5.60. The Morgan fingerprint density at radius 2 is 1.85 bits per heavy atom. The maximum absolute atomic E-state index is 10.5. The van der Waals surface area contributed by atoms with Crippen LogP contribution in [0.4, 0.5) is 4.79 Å². The van der Waals surface area contributed by atoms with Gasteiger partial charge in [0.1, 0.15) is 11.5 Å². The van der Waals surface area contributed by atoms with Crippen molar-refractivity contribution >= 4 is 6.16 Å². The quantitative estimate of drug-likeness (QED) is 0.840. The molecule has 0 unspecified atom stereocenters. The smallest absolute Gasteiger partial charge is 0.456 e. The van der Waals surface area contributed by atoms with E-state index in [2.05, 4.69) is 26.8 Å². The Morgan fingerprint density at radius 1 is 1.08 bits per heavy atom. The molecule has 2 heterocycles. The van der Waals surface area contributed by atoms with Gasteiger partial charge in [-0.2, -0.15) is 0 Å². The number of rotatable bonds is 4. The molecule has 26 heavy (non-hydrogen) atoms. The van der Waals surface area contributed by atoms with Crippen molar-refractivity contribution in [3.8, 4) is 17.4 Å². The molecule has 1 aromatic carbocycles. The predicted molar refractivity (Wildman–Crippen MR) is 96.0 cm³/mol. The monoisotopic (exact) mass is 354 g/mol. The molecule has 0 radical (unpaired) electrons. The van der Waals surface area contributed by atoms with Gasteiger partial charge in [0.05, 0.1) is 6.20 Å². The zero-order chi connectivity index (χ0) is 17.9. The van der Waals surface area contributed by atoms with E-state index in [9.17, 15) is 4.79 Å². The number of carboxylic acid groups (broad SMARTS) is 1. The fourth-order valence-corrected chi connectivity index (χ4v) is 3.61. The summed E-state index contributed by atoms with van der Waals surface area (Å²) in [6.07, 6.45) is 6.28. The van der Waals surface area contributed by atoms with Gasteiger partial charge in [0.2, 0.25) is 5.88 Å². The summed E-state index contributed by atoms with van der Waals surface area (Å²) in [5, 5.41) is 8.58. The van der Waals surface area contributed by atoms with E-state index in [4.69, 9.17) is 9.84 Å². The van der Waals surface area contributed by atoms with Crippen LogP contribution in [0.3, 0.4) is 0 Å². The molecule has 1 aliphatic carbocycles. The molecule has 136 valence electrons. The van der Waals surface area contributed by atoms with Crippen molar-refractivity contribution in [3.63, 3.8) is 0 Å². The second kappa shape index (κ2) is 7.33. The van der Waals surface area contributed by atoms with Gasteiger partial charge in [-0.1, -0.05) is 12.5 Å². The molecule has 1 aliphatic heterocycles. The summed E-state index contributed by atoms with van der Waals surface area (Å²) < 4.78 is 10.4. The molecule has 1 N–H and O–H groups in total. The van der Waals surface area contributed by atoms with Gasteiger partial charge >= 0.3 is 6.16 Å². The predicted octanol–water partition coefficient (Wildman–Crippen LogP) is 3.88. The van der Waals surface area contributed by atoms with Crippen LogP contribution in [0.2, 0.25) is 0 Å². The Kier molecular flexibility index (Phi) is 4.75. The summed E-state index contributed by atoms with van der Waals surface area (Å²) in [5.41, 5.74) is 2.76. The number of pyridine rings is 1. The van der Waals surface area contributed by atoms with Gasteiger partial charge in [0, 0.05) is 25.2 Å². The second-order valence-electron chi connectivity index (χ2n) is 6.85. The molecule has 1 fully saturated rings. The number of fused-ring (bicyclic) bond motifs is 1. The fourth-order valence-electron chi connectivity index (χ4n) is 3.61. The van der Waals surface area contributed by atoms with Crippen LogP contribution < -0.4 is 9.47 Å². The van der Waals surface area contributed by atoms with Gasteiger partial charge in [0.15, 0.2) is 0 Å². The second-order valence-corrected chi connectivity index (χ2v) is 6.85. The van der Waals surface area contributed by atoms with Crippen molar-refractivity contribution < 1.29 is 19.4 Å². The number of carbonyl (C=O) groups is 1. The van der Waals surface area contributed by atoms with Crippen LogP contribution in [-0.2, 0) is 12.8 Å². The number of nitrogens with zero attached hydrogens (tertiary/aromatic N) is 2. The zero-order valence-electron chi connectivity index (χ0n) is 14.6. The average Bonchev–Trinajstić information content (AvgIpc) is 2.77. The summed E-state index contributed by atoms with van der Waals surface area (Å²) in [5.74, 6) is 1.35. The van der Waals surface area contributed by atoms with Crippen LogP contribution in [0.15, 0.2) is 36.5 Å². The average molecular weight is 354 g/mol. The molecule has 1 aromatic heterocycles. The minimum Gasteiger partial charge on any atom is -0.456 e. The number of aromatic nitrogens is 1. The van der Waals surface area contributed by atoms with Crippen LogP contribution in [0, 0.1) is 0 Å². The Balaban J connectivity index is 1.42. The maximum atomic E-state index is 10.5. The Hall–Kier alpha value is -2.60. The standard InChI is InChI=1S/C20H22N2O4/c23-20(24)26-19-7-6-18(13-21-19)25-17-5-4-14-8-10-22(16-2-1-3-16)11-9-15(14)12-17/h4-7,12-13,16H,1-3,8-11H2,(H,23,24). The molecule has 0 atom stereocenters. The Labute approximate surface area is 152 Å². The summed E-state index contributed by atoms with van der Waals surface area (Å²) in [4.78, 5) is 17.1. The van der Waals surface area contributed by atoms with E-state index >= 15 is 0 Å². The van der Waals surface area contributed by atoms with Crippen LogP contribution >= 0.6 is 0 Å².